The summed E-state index contributed by atoms with van der Waals surface area (Å²) in [5, 5.41) is 0. The van der Waals surface area contributed by atoms with E-state index in [1.807, 2.05) is 0 Å². The predicted molar refractivity (Wildman–Crippen MR) is 61.6 cm³/mol. The number of hydrogen-bond acceptors (Lipinski definition) is 5. The van der Waals surface area contributed by atoms with Crippen molar-refractivity contribution >= 4 is 5.97 Å². The molecule has 1 rings (SSSR count). The lowest BCUT2D eigenvalue weighted by Gasteiger charge is -2.13. The lowest BCUT2D eigenvalue weighted by Crippen LogP contribution is -2.09. The molecule has 0 bridgehead atoms. The summed E-state index contributed by atoms with van der Waals surface area (Å²) in [5.41, 5.74) is 1.10. The van der Waals surface area contributed by atoms with E-state index in [0.29, 0.717) is 17.1 Å². The van der Waals surface area contributed by atoms with Crippen LogP contribution in [0.4, 0.5) is 0 Å². The third kappa shape index (κ3) is 3.10. The van der Waals surface area contributed by atoms with Crippen LogP contribution >= 0.6 is 0 Å². The van der Waals surface area contributed by atoms with E-state index in [1.54, 1.807) is 26.2 Å². The largest absolute Gasteiger partial charge is 0.497 e. The van der Waals surface area contributed by atoms with E-state index in [4.69, 9.17) is 18.9 Å². The zero-order valence-corrected chi connectivity index (χ0v) is 10.4. The van der Waals surface area contributed by atoms with Crippen LogP contribution in [0.1, 0.15) is 15.9 Å². The molecule has 1 aromatic carbocycles. The fourth-order valence-corrected chi connectivity index (χ4v) is 1.44. The Balaban J connectivity index is 3.19. The molecule has 0 atom stereocenters. The Labute approximate surface area is 100 Å². The summed E-state index contributed by atoms with van der Waals surface area (Å²) in [6, 6.07) is 3.37. The van der Waals surface area contributed by atoms with Crippen molar-refractivity contribution in [2.45, 2.75) is 6.92 Å². The van der Waals surface area contributed by atoms with E-state index < -0.39 is 5.97 Å². The molecule has 0 heterocycles. The maximum absolute atomic E-state index is 11.6. The molecule has 5 nitrogen and oxygen atoms in total. The van der Waals surface area contributed by atoms with Gasteiger partial charge >= 0.3 is 5.97 Å². The summed E-state index contributed by atoms with van der Waals surface area (Å²) in [4.78, 5) is 11.6. The van der Waals surface area contributed by atoms with Crippen molar-refractivity contribution in [1.29, 1.82) is 0 Å². The van der Waals surface area contributed by atoms with Crippen LogP contribution in [0.3, 0.4) is 0 Å². The van der Waals surface area contributed by atoms with Gasteiger partial charge in [0.2, 0.25) is 0 Å². The first-order chi connectivity index (χ1) is 8.13. The number of ether oxygens (including phenoxy) is 4. The van der Waals surface area contributed by atoms with Crippen molar-refractivity contribution in [1.82, 2.24) is 0 Å². The van der Waals surface area contributed by atoms with Crippen LogP contribution in [0.25, 0.3) is 0 Å². The third-order valence-corrected chi connectivity index (χ3v) is 2.23. The van der Waals surface area contributed by atoms with Crippen molar-refractivity contribution in [3.63, 3.8) is 0 Å². The second-order valence-corrected chi connectivity index (χ2v) is 3.36. The predicted octanol–water partition coefficient (Wildman–Crippen LogP) is 1.77. The van der Waals surface area contributed by atoms with Gasteiger partial charge in [0, 0.05) is 13.2 Å². The van der Waals surface area contributed by atoms with Gasteiger partial charge in [-0.05, 0) is 18.6 Å². The average molecular weight is 240 g/mol. The second-order valence-electron chi connectivity index (χ2n) is 3.36. The van der Waals surface area contributed by atoms with Gasteiger partial charge in [-0.25, -0.2) is 4.79 Å². The normalized spacial score (nSPS) is 9.88. The summed E-state index contributed by atoms with van der Waals surface area (Å²) >= 11 is 0. The zero-order chi connectivity index (χ0) is 12.8. The molecule has 1 aromatic rings. The minimum Gasteiger partial charge on any atom is -0.497 e. The lowest BCUT2D eigenvalue weighted by atomic mass is 10.1. The van der Waals surface area contributed by atoms with E-state index in [-0.39, 0.29) is 6.79 Å². The number of methoxy groups -OCH3 is 3. The Kier molecular flexibility index (Phi) is 4.78. The van der Waals surface area contributed by atoms with E-state index >= 15 is 0 Å². The molecule has 0 N–H and O–H groups in total. The quantitative estimate of drug-likeness (QED) is 0.580. The molecule has 0 aromatic heterocycles. The first-order valence-corrected chi connectivity index (χ1v) is 5.02. The van der Waals surface area contributed by atoms with Gasteiger partial charge in [-0.1, -0.05) is 0 Å². The van der Waals surface area contributed by atoms with Crippen molar-refractivity contribution in [2.24, 2.45) is 0 Å². The molecule has 0 aliphatic heterocycles. The van der Waals surface area contributed by atoms with Crippen molar-refractivity contribution < 1.29 is 23.7 Å². The van der Waals surface area contributed by atoms with Gasteiger partial charge in [-0.2, -0.15) is 0 Å². The SMILES string of the molecule is COCOc1cc(OC)cc(C)c1C(=O)OC. The Hall–Kier alpha value is -1.75. The van der Waals surface area contributed by atoms with E-state index in [0.717, 1.165) is 5.56 Å². The first-order valence-electron chi connectivity index (χ1n) is 5.02. The highest BCUT2D eigenvalue weighted by Gasteiger charge is 2.18. The highest BCUT2D eigenvalue weighted by Crippen LogP contribution is 2.29. The van der Waals surface area contributed by atoms with Gasteiger partial charge in [-0.15, -0.1) is 0 Å². The van der Waals surface area contributed by atoms with Crippen LogP contribution in [-0.4, -0.2) is 34.1 Å². The number of esters is 1. The highest BCUT2D eigenvalue weighted by molar-refractivity contribution is 5.94. The van der Waals surface area contributed by atoms with Gasteiger partial charge in [0.1, 0.15) is 17.1 Å². The van der Waals surface area contributed by atoms with Crippen LogP contribution in [0.5, 0.6) is 11.5 Å². The molecule has 0 unspecified atom stereocenters. The number of carbonyl (C=O) groups excluding carboxylic acids is 1. The minimum absolute atomic E-state index is 0.0522. The molecule has 0 radical (unpaired) electrons. The van der Waals surface area contributed by atoms with Crippen molar-refractivity contribution in [3.8, 4) is 11.5 Å². The van der Waals surface area contributed by atoms with Gasteiger partial charge in [-0.3, -0.25) is 0 Å². The Morgan fingerprint density at radius 1 is 1.24 bits per heavy atom. The van der Waals surface area contributed by atoms with Gasteiger partial charge < -0.3 is 18.9 Å². The maximum Gasteiger partial charge on any atom is 0.341 e. The molecule has 0 saturated heterocycles. The molecule has 0 amide bonds. The Morgan fingerprint density at radius 2 is 1.94 bits per heavy atom. The molecule has 0 aliphatic carbocycles. The molecular weight excluding hydrogens is 224 g/mol. The van der Waals surface area contributed by atoms with E-state index in [1.165, 1.54) is 14.2 Å². The summed E-state index contributed by atoms with van der Waals surface area (Å²) in [6.07, 6.45) is 0. The summed E-state index contributed by atoms with van der Waals surface area (Å²) in [5.74, 6) is 0.549. The number of carbonyl (C=O) groups is 1. The number of aryl methyl sites for hydroxylation is 1. The maximum atomic E-state index is 11.6. The Bertz CT molecular complexity index is 400. The van der Waals surface area contributed by atoms with Gasteiger partial charge in [0.05, 0.1) is 14.2 Å². The molecule has 17 heavy (non-hydrogen) atoms. The lowest BCUT2D eigenvalue weighted by molar-refractivity contribution is 0.0463. The zero-order valence-electron chi connectivity index (χ0n) is 10.4. The summed E-state index contributed by atoms with van der Waals surface area (Å²) < 4.78 is 20.0. The number of benzene rings is 1. The van der Waals surface area contributed by atoms with Crippen LogP contribution in [0.15, 0.2) is 12.1 Å². The molecular formula is C12H16O5. The number of hydrogen-bond donors (Lipinski definition) is 0. The van der Waals surface area contributed by atoms with Crippen LogP contribution < -0.4 is 9.47 Å². The fourth-order valence-electron chi connectivity index (χ4n) is 1.44. The van der Waals surface area contributed by atoms with Gasteiger partial charge in [0.25, 0.3) is 0 Å². The van der Waals surface area contributed by atoms with Crippen LogP contribution in [0, 0.1) is 6.92 Å². The minimum atomic E-state index is -0.448. The van der Waals surface area contributed by atoms with Crippen molar-refractivity contribution in [3.05, 3.63) is 23.3 Å². The smallest absolute Gasteiger partial charge is 0.341 e. The van der Waals surface area contributed by atoms with E-state index in [2.05, 4.69) is 0 Å². The van der Waals surface area contributed by atoms with Crippen molar-refractivity contribution in [2.75, 3.05) is 28.1 Å². The monoisotopic (exact) mass is 240 g/mol. The standard InChI is InChI=1S/C12H16O5/c1-8-5-9(15-3)6-10(17-7-14-2)11(8)12(13)16-4/h5-6H,7H2,1-4H3. The molecule has 0 fully saturated rings. The summed E-state index contributed by atoms with van der Waals surface area (Å²) in [7, 11) is 4.38. The first kappa shape index (κ1) is 13.3. The average Bonchev–Trinajstić information content (AvgIpc) is 2.34. The second kappa shape index (κ2) is 6.10. The van der Waals surface area contributed by atoms with E-state index in [9.17, 15) is 4.79 Å². The molecule has 0 saturated carbocycles. The van der Waals surface area contributed by atoms with Gasteiger partial charge in [0.15, 0.2) is 6.79 Å². The third-order valence-electron chi connectivity index (χ3n) is 2.23. The Morgan fingerprint density at radius 3 is 2.47 bits per heavy atom. The number of rotatable bonds is 5. The molecule has 0 aliphatic rings. The highest BCUT2D eigenvalue weighted by atomic mass is 16.7. The summed E-state index contributed by atoms with van der Waals surface area (Å²) in [6.45, 7) is 1.84. The molecule has 94 valence electrons. The molecule has 5 heteroatoms. The van der Waals surface area contributed by atoms with Crippen LogP contribution in [-0.2, 0) is 9.47 Å². The topological polar surface area (TPSA) is 54.0 Å². The fraction of sp³-hybridized carbons (Fsp3) is 0.417. The molecule has 0 spiro atoms. The van der Waals surface area contributed by atoms with Crippen LogP contribution in [0.2, 0.25) is 0 Å².